The van der Waals surface area contributed by atoms with Crippen LogP contribution in [0.15, 0.2) is 24.3 Å². The van der Waals surface area contributed by atoms with Crippen molar-refractivity contribution in [2.45, 2.75) is 25.4 Å². The smallest absolute Gasteiger partial charge is 0.341 e. The van der Waals surface area contributed by atoms with Gasteiger partial charge in [-0.15, -0.1) is 0 Å². The number of amides is 1. The van der Waals surface area contributed by atoms with Gasteiger partial charge in [0.15, 0.2) is 0 Å². The summed E-state index contributed by atoms with van der Waals surface area (Å²) in [5.74, 6) is 0.566. The topological polar surface area (TPSA) is 37.4 Å². The first-order valence-electron chi connectivity index (χ1n) is 7.07. The Labute approximate surface area is 130 Å². The molecule has 1 heterocycles. The fourth-order valence-electron chi connectivity index (χ4n) is 2.42. The normalized spacial score (nSPS) is 18.3. The lowest BCUT2D eigenvalue weighted by molar-refractivity contribution is -0.137. The summed E-state index contributed by atoms with van der Waals surface area (Å²) in [5, 5.41) is 0. The van der Waals surface area contributed by atoms with Crippen molar-refractivity contribution in [2.75, 3.05) is 24.6 Å². The summed E-state index contributed by atoms with van der Waals surface area (Å²) in [6.07, 6.45) is -4.22. The van der Waals surface area contributed by atoms with Gasteiger partial charge in [0.05, 0.1) is 5.56 Å². The van der Waals surface area contributed by atoms with Gasteiger partial charge in [0.25, 0.3) is 0 Å². The second-order valence-corrected chi connectivity index (χ2v) is 7.15. The number of carbonyl (C=O) groups excluding carboxylic acids is 1. The van der Waals surface area contributed by atoms with E-state index in [9.17, 15) is 22.2 Å². The van der Waals surface area contributed by atoms with E-state index in [-0.39, 0.29) is 18.2 Å². The quantitative estimate of drug-likeness (QED) is 0.853. The molecule has 1 saturated heterocycles. The first-order chi connectivity index (χ1) is 10.3. The van der Waals surface area contributed by atoms with Gasteiger partial charge in [0.1, 0.15) is 0 Å². The summed E-state index contributed by atoms with van der Waals surface area (Å²) in [5.41, 5.74) is -0.193. The molecule has 0 bridgehead atoms. The van der Waals surface area contributed by atoms with E-state index in [1.807, 2.05) is 0 Å². The van der Waals surface area contributed by atoms with Gasteiger partial charge in [0, 0.05) is 41.8 Å². The van der Waals surface area contributed by atoms with Crippen molar-refractivity contribution in [3.05, 3.63) is 35.4 Å². The minimum Gasteiger partial charge on any atom is -0.341 e. The molecule has 3 nitrogen and oxygen atoms in total. The van der Waals surface area contributed by atoms with Crippen molar-refractivity contribution in [1.82, 2.24) is 4.90 Å². The molecule has 0 aliphatic carbocycles. The highest BCUT2D eigenvalue weighted by Crippen LogP contribution is 2.31. The molecule has 0 N–H and O–H groups in total. The maximum atomic E-state index is 12.7. The Balaban J connectivity index is 2.01. The van der Waals surface area contributed by atoms with E-state index in [0.717, 1.165) is 12.1 Å². The first-order valence-corrected chi connectivity index (χ1v) is 8.56. The van der Waals surface area contributed by atoms with E-state index in [4.69, 9.17) is 0 Å². The molecular weight excluding hydrogens is 315 g/mol. The summed E-state index contributed by atoms with van der Waals surface area (Å²) >= 11 is 0. The van der Waals surface area contributed by atoms with Crippen molar-refractivity contribution in [3.63, 3.8) is 0 Å². The molecule has 1 aliphatic heterocycles. The van der Waals surface area contributed by atoms with Gasteiger partial charge in [-0.05, 0) is 17.5 Å². The molecule has 2 rings (SSSR count). The molecule has 0 spiro atoms. The molecule has 0 saturated carbocycles. The minimum absolute atomic E-state index is 0.0957. The van der Waals surface area contributed by atoms with Crippen molar-refractivity contribution in [3.8, 4) is 0 Å². The van der Waals surface area contributed by atoms with Crippen LogP contribution in [0.3, 0.4) is 0 Å². The number of carbonyl (C=O) groups is 1. The molecule has 0 unspecified atom stereocenters. The largest absolute Gasteiger partial charge is 0.416 e. The van der Waals surface area contributed by atoms with E-state index in [1.165, 1.54) is 6.07 Å². The monoisotopic (exact) mass is 333 g/mol. The third kappa shape index (κ3) is 4.32. The molecule has 7 heteroatoms. The first kappa shape index (κ1) is 17.0. The van der Waals surface area contributed by atoms with Crippen LogP contribution in [0.25, 0.3) is 0 Å². The lowest BCUT2D eigenvalue weighted by Gasteiger charge is -2.27. The predicted octanol–water partition coefficient (Wildman–Crippen LogP) is 2.79. The Hall–Kier alpha value is -1.37. The number of benzene rings is 1. The van der Waals surface area contributed by atoms with Crippen LogP contribution in [0.1, 0.15) is 30.4 Å². The number of rotatable bonds is 3. The minimum atomic E-state index is -4.38. The number of alkyl halides is 3. The average Bonchev–Trinajstić information content (AvgIpc) is 2.47. The molecule has 1 amide bonds. The maximum Gasteiger partial charge on any atom is 0.416 e. The van der Waals surface area contributed by atoms with Crippen LogP contribution in [0.4, 0.5) is 13.2 Å². The zero-order valence-electron chi connectivity index (χ0n) is 12.2. The van der Waals surface area contributed by atoms with Gasteiger partial charge >= 0.3 is 6.18 Å². The van der Waals surface area contributed by atoms with E-state index >= 15 is 0 Å². The van der Waals surface area contributed by atoms with Gasteiger partial charge < -0.3 is 4.90 Å². The SMILES string of the molecule is C[C@H](CC(=O)N1CCS(=O)CC1)c1cccc(C(F)(F)F)c1. The van der Waals surface area contributed by atoms with Crippen LogP contribution in [-0.4, -0.2) is 39.6 Å². The number of hydrogen-bond acceptors (Lipinski definition) is 2. The molecule has 22 heavy (non-hydrogen) atoms. The van der Waals surface area contributed by atoms with Crippen molar-refractivity contribution in [2.24, 2.45) is 0 Å². The molecule has 1 aromatic rings. The summed E-state index contributed by atoms with van der Waals surface area (Å²) in [6.45, 7) is 2.66. The Morgan fingerprint density at radius 3 is 2.55 bits per heavy atom. The van der Waals surface area contributed by atoms with Crippen LogP contribution in [0.5, 0.6) is 0 Å². The number of hydrogen-bond donors (Lipinski definition) is 0. The van der Waals surface area contributed by atoms with Crippen LogP contribution >= 0.6 is 0 Å². The van der Waals surface area contributed by atoms with Crippen molar-refractivity contribution >= 4 is 16.7 Å². The second-order valence-electron chi connectivity index (χ2n) is 5.46. The van der Waals surface area contributed by atoms with Gasteiger partial charge in [-0.25, -0.2) is 0 Å². The van der Waals surface area contributed by atoms with E-state index < -0.39 is 22.5 Å². The summed E-state index contributed by atoms with van der Waals surface area (Å²) < 4.78 is 49.4. The fourth-order valence-corrected chi connectivity index (χ4v) is 3.47. The van der Waals surface area contributed by atoms with Crippen LogP contribution in [0, 0.1) is 0 Å². The summed E-state index contributed by atoms with van der Waals surface area (Å²) in [4.78, 5) is 13.8. The molecular formula is C15H18F3NO2S. The van der Waals surface area contributed by atoms with E-state index in [2.05, 4.69) is 0 Å². The van der Waals surface area contributed by atoms with Crippen LogP contribution in [-0.2, 0) is 21.8 Å². The van der Waals surface area contributed by atoms with Crippen molar-refractivity contribution < 1.29 is 22.2 Å². The van der Waals surface area contributed by atoms with Gasteiger partial charge in [0.2, 0.25) is 5.91 Å². The Morgan fingerprint density at radius 2 is 1.95 bits per heavy atom. The van der Waals surface area contributed by atoms with Gasteiger partial charge in [-0.2, -0.15) is 13.2 Å². The molecule has 1 aliphatic rings. The van der Waals surface area contributed by atoms with Crippen molar-refractivity contribution in [1.29, 1.82) is 0 Å². The molecule has 1 aromatic carbocycles. The Kier molecular flexibility index (Phi) is 5.26. The molecule has 122 valence electrons. The van der Waals surface area contributed by atoms with Crippen LogP contribution < -0.4 is 0 Å². The fraction of sp³-hybridized carbons (Fsp3) is 0.533. The van der Waals surface area contributed by atoms with E-state index in [0.29, 0.717) is 30.2 Å². The Bertz CT molecular complexity index is 564. The Morgan fingerprint density at radius 1 is 1.32 bits per heavy atom. The third-order valence-electron chi connectivity index (χ3n) is 3.79. The lowest BCUT2D eigenvalue weighted by Crippen LogP contribution is -2.42. The van der Waals surface area contributed by atoms with Gasteiger partial charge in [-0.1, -0.05) is 25.1 Å². The predicted molar refractivity (Wildman–Crippen MR) is 78.9 cm³/mol. The highest BCUT2D eigenvalue weighted by molar-refractivity contribution is 7.85. The second kappa shape index (κ2) is 6.81. The average molecular weight is 333 g/mol. The highest BCUT2D eigenvalue weighted by Gasteiger charge is 2.31. The maximum absolute atomic E-state index is 12.7. The highest BCUT2D eigenvalue weighted by atomic mass is 32.2. The number of halogens is 3. The van der Waals surface area contributed by atoms with E-state index in [1.54, 1.807) is 17.9 Å². The molecule has 0 aromatic heterocycles. The third-order valence-corrected chi connectivity index (χ3v) is 5.07. The standard InChI is InChI=1S/C15H18F3NO2S/c1-11(9-14(20)19-5-7-22(21)8-6-19)12-3-2-4-13(10-12)15(16,17)18/h2-4,10-11H,5-9H2,1H3/t11-/m1/s1. The summed E-state index contributed by atoms with van der Waals surface area (Å²) in [7, 11) is -0.858. The molecule has 1 fully saturated rings. The number of nitrogens with zero attached hydrogens (tertiary/aromatic N) is 1. The molecule has 1 atom stereocenters. The lowest BCUT2D eigenvalue weighted by atomic mass is 9.95. The molecule has 0 radical (unpaired) electrons. The summed E-state index contributed by atoms with van der Waals surface area (Å²) in [6, 6.07) is 5.10. The zero-order chi connectivity index (χ0) is 16.3. The zero-order valence-corrected chi connectivity index (χ0v) is 13.0. The van der Waals surface area contributed by atoms with Crippen LogP contribution in [0.2, 0.25) is 0 Å². The van der Waals surface area contributed by atoms with Gasteiger partial charge in [-0.3, -0.25) is 9.00 Å².